The molecule has 0 aliphatic heterocycles. The molecule has 4 rings (SSSR count). The number of hydrogen-bond donors (Lipinski definition) is 2. The van der Waals surface area contributed by atoms with Crippen molar-refractivity contribution in [3.05, 3.63) is 23.5 Å². The summed E-state index contributed by atoms with van der Waals surface area (Å²) in [4.78, 5) is 56.6. The molecule has 4 aliphatic rings. The molecule has 0 aromatic rings. The third kappa shape index (κ3) is 4.51. The summed E-state index contributed by atoms with van der Waals surface area (Å²) < 4.78 is 73.9. The van der Waals surface area contributed by atoms with E-state index in [9.17, 15) is 23.3 Å². The molecule has 0 amide bonds. The molecule has 0 saturated heterocycles. The highest BCUT2D eigenvalue weighted by Crippen LogP contribution is 2.73. The van der Waals surface area contributed by atoms with Crippen molar-refractivity contribution in [2.45, 2.75) is 77.2 Å². The summed E-state index contributed by atoms with van der Waals surface area (Å²) in [6, 6.07) is -1.04. The summed E-state index contributed by atoms with van der Waals surface area (Å²) in [5.74, 6) is -3.96. The Morgan fingerprint density at radius 1 is 1.18 bits per heavy atom. The summed E-state index contributed by atoms with van der Waals surface area (Å²) >= 11 is 0.392. The van der Waals surface area contributed by atoms with E-state index in [1.807, 2.05) is 0 Å². The molecule has 224 valence electrons. The summed E-state index contributed by atoms with van der Waals surface area (Å²) in [7, 11) is -4.96. The van der Waals surface area contributed by atoms with Gasteiger partial charge < -0.3 is 19.3 Å². The van der Waals surface area contributed by atoms with Crippen LogP contribution in [-0.2, 0) is 32.9 Å². The van der Waals surface area contributed by atoms with E-state index >= 15 is 8.78 Å². The first-order valence-corrected chi connectivity index (χ1v) is 15.6. The molecule has 0 aromatic heterocycles. The lowest BCUT2D eigenvalue weighted by Gasteiger charge is -2.62. The summed E-state index contributed by atoms with van der Waals surface area (Å²) in [5, 5.41) is -0.665. The van der Waals surface area contributed by atoms with E-state index in [4.69, 9.17) is 19.3 Å². The van der Waals surface area contributed by atoms with Gasteiger partial charge in [0.25, 0.3) is 0 Å². The minimum absolute atomic E-state index is 0.0185. The zero-order chi connectivity index (χ0) is 29.9. The SMILES string of the molecule is CCC(=O)O[C@]1(C(=O)SCF)[C@H](C)C[C@H]2[C@@H]3C[C@H](F)C4=CC(=O)C=C(OCOP(=O)(O)O)[C@@]4(C)[C@@]3(F)CC[C@@]21C. The molecule has 2 N–H and O–H groups in total. The van der Waals surface area contributed by atoms with Crippen LogP contribution in [0.1, 0.15) is 59.8 Å². The van der Waals surface area contributed by atoms with Crippen molar-refractivity contribution in [3.63, 3.8) is 0 Å². The van der Waals surface area contributed by atoms with E-state index in [-0.39, 0.29) is 43.4 Å². The largest absolute Gasteiger partial charge is 0.472 e. The second-order valence-corrected chi connectivity index (χ2v) is 13.6. The summed E-state index contributed by atoms with van der Waals surface area (Å²) in [6.07, 6.45) is -0.164. The van der Waals surface area contributed by atoms with Gasteiger partial charge in [-0.05, 0) is 61.9 Å². The maximum Gasteiger partial charge on any atom is 0.472 e. The van der Waals surface area contributed by atoms with Gasteiger partial charge in [-0.15, -0.1) is 0 Å². The van der Waals surface area contributed by atoms with Crippen LogP contribution < -0.4 is 0 Å². The molecule has 9 nitrogen and oxygen atoms in total. The van der Waals surface area contributed by atoms with Gasteiger partial charge in [0.2, 0.25) is 5.12 Å². The second kappa shape index (κ2) is 10.6. The fraction of sp³-hybridized carbons (Fsp3) is 0.731. The molecule has 0 radical (unpaired) electrons. The van der Waals surface area contributed by atoms with Crippen LogP contribution in [0, 0.1) is 28.6 Å². The first kappa shape index (κ1) is 31.3. The van der Waals surface area contributed by atoms with Gasteiger partial charge in [-0.1, -0.05) is 20.8 Å². The lowest BCUT2D eigenvalue weighted by Crippen LogP contribution is -2.66. The van der Waals surface area contributed by atoms with Gasteiger partial charge in [-0.3, -0.25) is 14.4 Å². The molecular weight excluding hydrogens is 576 g/mol. The topological polar surface area (TPSA) is 136 Å². The highest BCUT2D eigenvalue weighted by Gasteiger charge is 2.76. The number of hydrogen-bond acceptors (Lipinski definition) is 8. The standard InChI is InChI=1S/C26H34F3O9PS/c1-5-21(31)38-26(22(32)40-12-27)14(2)8-16-17-11-19(28)18-9-15(30)10-20(36-13-37-39(33,34)35)24(18,4)25(17,29)7-6-23(16,26)3/h9-10,14,16-17,19H,5-8,11-13H2,1-4H3,(H2,33,34,35)/t14-,16+,17+,19+,23+,24+,25-,26+/m1/s1. The first-order valence-electron chi connectivity index (χ1n) is 13.1. The van der Waals surface area contributed by atoms with Crippen LogP contribution >= 0.6 is 19.6 Å². The third-order valence-electron chi connectivity index (χ3n) is 9.81. The molecule has 0 unspecified atom stereocenters. The number of phosphoric acid groups is 1. The van der Waals surface area contributed by atoms with E-state index in [1.54, 1.807) is 20.8 Å². The Hall–Kier alpha value is -1.66. The lowest BCUT2D eigenvalue weighted by molar-refractivity contribution is -0.203. The predicted octanol–water partition coefficient (Wildman–Crippen LogP) is 4.87. The molecule has 40 heavy (non-hydrogen) atoms. The maximum absolute atomic E-state index is 17.7. The van der Waals surface area contributed by atoms with Gasteiger partial charge in [0.1, 0.15) is 23.6 Å². The Morgan fingerprint density at radius 3 is 2.45 bits per heavy atom. The molecule has 0 bridgehead atoms. The number of alkyl halides is 3. The monoisotopic (exact) mass is 610 g/mol. The van der Waals surface area contributed by atoms with Crippen LogP contribution in [0.15, 0.2) is 23.5 Å². The number of allylic oxidation sites excluding steroid dienone is 3. The summed E-state index contributed by atoms with van der Waals surface area (Å²) in [5.41, 5.74) is -7.10. The molecule has 3 saturated carbocycles. The number of carbonyl (C=O) groups excluding carboxylic acids is 3. The van der Waals surface area contributed by atoms with Crippen LogP contribution in [0.5, 0.6) is 0 Å². The minimum Gasteiger partial charge on any atom is -0.470 e. The number of rotatable bonds is 8. The highest BCUT2D eigenvalue weighted by molar-refractivity contribution is 8.13. The number of fused-ring (bicyclic) bond motifs is 5. The Kier molecular flexibility index (Phi) is 8.26. The maximum atomic E-state index is 17.7. The predicted molar refractivity (Wildman–Crippen MR) is 138 cm³/mol. The van der Waals surface area contributed by atoms with E-state index in [0.717, 1.165) is 12.2 Å². The van der Waals surface area contributed by atoms with E-state index in [0.29, 0.717) is 11.8 Å². The number of thioether (sulfide) groups is 1. The van der Waals surface area contributed by atoms with E-state index in [2.05, 4.69) is 4.52 Å². The molecule has 3 fully saturated rings. The average Bonchev–Trinajstić information content (AvgIpc) is 3.08. The van der Waals surface area contributed by atoms with Crippen molar-refractivity contribution in [2.75, 3.05) is 12.8 Å². The Balaban J connectivity index is 1.80. The van der Waals surface area contributed by atoms with Crippen molar-refractivity contribution in [3.8, 4) is 0 Å². The molecule has 8 atom stereocenters. The fourth-order valence-electron chi connectivity index (χ4n) is 7.94. The zero-order valence-corrected chi connectivity index (χ0v) is 24.4. The van der Waals surface area contributed by atoms with Crippen LogP contribution in [0.4, 0.5) is 13.2 Å². The van der Waals surface area contributed by atoms with Crippen molar-refractivity contribution >= 4 is 36.5 Å². The highest BCUT2D eigenvalue weighted by atomic mass is 32.2. The first-order chi connectivity index (χ1) is 18.5. The molecule has 14 heteroatoms. The van der Waals surface area contributed by atoms with Gasteiger partial charge in [0.05, 0.1) is 5.41 Å². The van der Waals surface area contributed by atoms with Crippen LogP contribution in [0.25, 0.3) is 0 Å². The van der Waals surface area contributed by atoms with Crippen LogP contribution in [-0.4, -0.2) is 56.9 Å². The number of phosphoric ester groups is 1. The number of ether oxygens (including phenoxy) is 2. The van der Waals surface area contributed by atoms with Gasteiger partial charge in [0, 0.05) is 29.7 Å². The van der Waals surface area contributed by atoms with Crippen LogP contribution in [0.3, 0.4) is 0 Å². The minimum atomic E-state index is -4.96. The molecular formula is C26H34F3O9PS. The Labute approximate surface area is 234 Å². The van der Waals surface area contributed by atoms with Crippen molar-refractivity contribution in [1.82, 2.24) is 0 Å². The molecule has 0 heterocycles. The Bertz CT molecular complexity index is 1210. The normalized spacial score (nSPS) is 40.8. The summed E-state index contributed by atoms with van der Waals surface area (Å²) in [6.45, 7) is 5.36. The molecule has 0 aromatic carbocycles. The van der Waals surface area contributed by atoms with Gasteiger partial charge in [0.15, 0.2) is 18.2 Å². The zero-order valence-electron chi connectivity index (χ0n) is 22.7. The number of halogens is 3. The second-order valence-electron chi connectivity index (χ2n) is 11.5. The van der Waals surface area contributed by atoms with Crippen molar-refractivity contribution in [1.29, 1.82) is 0 Å². The van der Waals surface area contributed by atoms with E-state index in [1.165, 1.54) is 6.92 Å². The molecule has 0 spiro atoms. The quantitative estimate of drug-likeness (QED) is 0.223. The van der Waals surface area contributed by atoms with Crippen LogP contribution in [0.2, 0.25) is 0 Å². The van der Waals surface area contributed by atoms with Gasteiger partial charge >= 0.3 is 13.8 Å². The smallest absolute Gasteiger partial charge is 0.470 e. The fourth-order valence-corrected chi connectivity index (χ4v) is 8.92. The lowest BCUT2D eigenvalue weighted by atomic mass is 9.45. The third-order valence-corrected chi connectivity index (χ3v) is 10.9. The van der Waals surface area contributed by atoms with Crippen molar-refractivity contribution < 1.29 is 55.9 Å². The van der Waals surface area contributed by atoms with Gasteiger partial charge in [-0.2, -0.15) is 0 Å². The number of carbonyl (C=O) groups is 3. The average molecular weight is 611 g/mol. The number of ketones is 1. The van der Waals surface area contributed by atoms with E-state index < -0.39 is 83.5 Å². The Morgan fingerprint density at radius 2 is 1.85 bits per heavy atom. The van der Waals surface area contributed by atoms with Crippen molar-refractivity contribution in [2.24, 2.45) is 28.6 Å². The van der Waals surface area contributed by atoms with Gasteiger partial charge in [-0.25, -0.2) is 22.3 Å². The number of esters is 1. The molecule has 4 aliphatic carbocycles.